The summed E-state index contributed by atoms with van der Waals surface area (Å²) in [5.41, 5.74) is 0.432. The van der Waals surface area contributed by atoms with Gasteiger partial charge >= 0.3 is 0 Å². The third-order valence-corrected chi connectivity index (χ3v) is 5.36. The SMILES string of the molecule is C1CCC2(CC1)CSC(=NCCC1CC1)N2. The maximum absolute atomic E-state index is 4.72. The van der Waals surface area contributed by atoms with Gasteiger partial charge in [0.15, 0.2) is 5.17 Å². The third kappa shape index (κ3) is 2.55. The Morgan fingerprint density at radius 1 is 1.25 bits per heavy atom. The van der Waals surface area contributed by atoms with Gasteiger partial charge in [-0.25, -0.2) is 0 Å². The molecule has 2 aliphatic carbocycles. The van der Waals surface area contributed by atoms with Crippen molar-refractivity contribution in [2.24, 2.45) is 10.9 Å². The van der Waals surface area contributed by atoms with Gasteiger partial charge in [-0.05, 0) is 25.2 Å². The Morgan fingerprint density at radius 3 is 2.81 bits per heavy atom. The molecule has 3 fully saturated rings. The van der Waals surface area contributed by atoms with E-state index in [1.165, 1.54) is 62.3 Å². The highest BCUT2D eigenvalue weighted by atomic mass is 32.2. The summed E-state index contributed by atoms with van der Waals surface area (Å²) in [4.78, 5) is 4.72. The fourth-order valence-corrected chi connectivity index (χ4v) is 4.09. The summed E-state index contributed by atoms with van der Waals surface area (Å²) in [5, 5.41) is 4.95. The number of thioether (sulfide) groups is 1. The summed E-state index contributed by atoms with van der Waals surface area (Å²) in [7, 11) is 0. The molecular formula is C13H22N2S. The zero-order chi connectivity index (χ0) is 10.8. The standard InChI is InChI=1S/C13H22N2S/c1-2-7-13(8-3-1)10-16-12(15-13)14-9-6-11-4-5-11/h11H,1-10H2,(H,14,15). The largest absolute Gasteiger partial charge is 0.359 e. The Labute approximate surface area is 103 Å². The van der Waals surface area contributed by atoms with Crippen molar-refractivity contribution < 1.29 is 0 Å². The van der Waals surface area contributed by atoms with Gasteiger partial charge in [0, 0.05) is 17.8 Å². The molecular weight excluding hydrogens is 216 g/mol. The van der Waals surface area contributed by atoms with Crippen molar-refractivity contribution in [2.45, 2.75) is 56.9 Å². The first kappa shape index (κ1) is 10.9. The van der Waals surface area contributed by atoms with Crippen molar-refractivity contribution in [2.75, 3.05) is 12.3 Å². The van der Waals surface area contributed by atoms with E-state index < -0.39 is 0 Å². The molecule has 3 aliphatic rings. The van der Waals surface area contributed by atoms with Gasteiger partial charge in [0.05, 0.1) is 0 Å². The Bertz CT molecular complexity index is 278. The van der Waals surface area contributed by atoms with Crippen LogP contribution < -0.4 is 5.32 Å². The molecule has 3 heteroatoms. The monoisotopic (exact) mass is 238 g/mol. The molecule has 0 aromatic rings. The molecule has 1 heterocycles. The topological polar surface area (TPSA) is 24.4 Å². The number of aliphatic imine (C=N–C) groups is 1. The molecule has 0 unspecified atom stereocenters. The molecule has 1 N–H and O–H groups in total. The van der Waals surface area contributed by atoms with Crippen LogP contribution in [0.1, 0.15) is 51.4 Å². The molecule has 1 saturated heterocycles. The summed E-state index contributed by atoms with van der Waals surface area (Å²) in [6.07, 6.45) is 11.2. The minimum atomic E-state index is 0.432. The van der Waals surface area contributed by atoms with Gasteiger partial charge in [-0.15, -0.1) is 0 Å². The lowest BCUT2D eigenvalue weighted by atomic mass is 9.83. The Hall–Kier alpha value is -0.180. The first-order valence-corrected chi connectivity index (χ1v) is 7.80. The molecule has 2 saturated carbocycles. The lowest BCUT2D eigenvalue weighted by molar-refractivity contribution is 0.303. The minimum absolute atomic E-state index is 0.432. The summed E-state index contributed by atoms with van der Waals surface area (Å²) in [6, 6.07) is 0. The third-order valence-electron chi connectivity index (χ3n) is 4.16. The van der Waals surface area contributed by atoms with Crippen LogP contribution in [0.25, 0.3) is 0 Å². The van der Waals surface area contributed by atoms with Crippen LogP contribution in [0.5, 0.6) is 0 Å². The molecule has 90 valence electrons. The van der Waals surface area contributed by atoms with E-state index in [1.54, 1.807) is 0 Å². The van der Waals surface area contributed by atoms with Gasteiger partial charge in [0.2, 0.25) is 0 Å². The predicted octanol–water partition coefficient (Wildman–Crippen LogP) is 3.18. The van der Waals surface area contributed by atoms with Crippen molar-refractivity contribution in [3.05, 3.63) is 0 Å². The molecule has 0 radical (unpaired) electrons. The molecule has 1 spiro atoms. The van der Waals surface area contributed by atoms with Gasteiger partial charge in [0.1, 0.15) is 0 Å². The van der Waals surface area contributed by atoms with Crippen LogP contribution in [-0.2, 0) is 0 Å². The summed E-state index contributed by atoms with van der Waals surface area (Å²) < 4.78 is 0. The lowest BCUT2D eigenvalue weighted by Gasteiger charge is -2.32. The number of nitrogens with zero attached hydrogens (tertiary/aromatic N) is 1. The van der Waals surface area contributed by atoms with E-state index >= 15 is 0 Å². The summed E-state index contributed by atoms with van der Waals surface area (Å²) in [6.45, 7) is 1.05. The zero-order valence-electron chi connectivity index (χ0n) is 10.0. The van der Waals surface area contributed by atoms with Crippen LogP contribution in [0.3, 0.4) is 0 Å². The van der Waals surface area contributed by atoms with Gasteiger partial charge in [0.25, 0.3) is 0 Å². The van der Waals surface area contributed by atoms with Crippen molar-refractivity contribution in [3.63, 3.8) is 0 Å². The second-order valence-electron chi connectivity index (χ2n) is 5.67. The molecule has 0 bridgehead atoms. The van der Waals surface area contributed by atoms with Crippen LogP contribution in [0, 0.1) is 5.92 Å². The van der Waals surface area contributed by atoms with Crippen molar-refractivity contribution in [1.29, 1.82) is 0 Å². The number of rotatable bonds is 3. The number of nitrogens with one attached hydrogen (secondary N) is 1. The van der Waals surface area contributed by atoms with Crippen molar-refractivity contribution >= 4 is 16.9 Å². The second kappa shape index (κ2) is 4.59. The summed E-state index contributed by atoms with van der Waals surface area (Å²) in [5.74, 6) is 2.27. The van der Waals surface area contributed by atoms with Crippen LogP contribution in [0.4, 0.5) is 0 Å². The second-order valence-corrected chi connectivity index (χ2v) is 6.64. The minimum Gasteiger partial charge on any atom is -0.359 e. The molecule has 2 nitrogen and oxygen atoms in total. The zero-order valence-corrected chi connectivity index (χ0v) is 10.8. The average Bonchev–Trinajstić information content (AvgIpc) is 3.04. The van der Waals surface area contributed by atoms with E-state index in [-0.39, 0.29) is 0 Å². The quantitative estimate of drug-likeness (QED) is 0.816. The van der Waals surface area contributed by atoms with E-state index in [0.717, 1.165) is 12.5 Å². The molecule has 0 amide bonds. The molecule has 16 heavy (non-hydrogen) atoms. The highest BCUT2D eigenvalue weighted by Gasteiger charge is 2.37. The van der Waals surface area contributed by atoms with E-state index in [0.29, 0.717) is 5.54 Å². The Balaban J connectivity index is 1.50. The fraction of sp³-hybridized carbons (Fsp3) is 0.923. The first-order valence-electron chi connectivity index (χ1n) is 6.82. The maximum Gasteiger partial charge on any atom is 0.157 e. The normalized spacial score (nSPS) is 30.9. The van der Waals surface area contributed by atoms with E-state index in [1.807, 2.05) is 11.8 Å². The fourth-order valence-electron chi connectivity index (χ4n) is 2.84. The lowest BCUT2D eigenvalue weighted by Crippen LogP contribution is -2.45. The van der Waals surface area contributed by atoms with Gasteiger partial charge < -0.3 is 5.32 Å². The van der Waals surface area contributed by atoms with Crippen LogP contribution in [0.15, 0.2) is 4.99 Å². The molecule has 0 aromatic carbocycles. The van der Waals surface area contributed by atoms with E-state index in [4.69, 9.17) is 4.99 Å². The van der Waals surface area contributed by atoms with Crippen molar-refractivity contribution in [1.82, 2.24) is 5.32 Å². The highest BCUT2D eigenvalue weighted by Crippen LogP contribution is 2.36. The van der Waals surface area contributed by atoms with E-state index in [9.17, 15) is 0 Å². The first-order chi connectivity index (χ1) is 7.86. The van der Waals surface area contributed by atoms with Gasteiger partial charge in [-0.2, -0.15) is 0 Å². The smallest absolute Gasteiger partial charge is 0.157 e. The maximum atomic E-state index is 4.72. The van der Waals surface area contributed by atoms with Gasteiger partial charge in [-0.1, -0.05) is 43.9 Å². The molecule has 3 rings (SSSR count). The number of hydrogen-bond donors (Lipinski definition) is 1. The predicted molar refractivity (Wildman–Crippen MR) is 71.1 cm³/mol. The highest BCUT2D eigenvalue weighted by molar-refractivity contribution is 8.14. The number of hydrogen-bond acceptors (Lipinski definition) is 2. The van der Waals surface area contributed by atoms with E-state index in [2.05, 4.69) is 5.32 Å². The average molecular weight is 238 g/mol. The van der Waals surface area contributed by atoms with Crippen LogP contribution in [-0.4, -0.2) is 23.0 Å². The Morgan fingerprint density at radius 2 is 2.06 bits per heavy atom. The number of amidine groups is 1. The molecule has 0 aromatic heterocycles. The van der Waals surface area contributed by atoms with Gasteiger partial charge in [-0.3, -0.25) is 4.99 Å². The van der Waals surface area contributed by atoms with Crippen LogP contribution in [0.2, 0.25) is 0 Å². The van der Waals surface area contributed by atoms with Crippen LogP contribution >= 0.6 is 11.8 Å². The summed E-state index contributed by atoms with van der Waals surface area (Å²) >= 11 is 1.96. The molecule has 1 aliphatic heterocycles. The Kier molecular flexibility index (Phi) is 3.14. The van der Waals surface area contributed by atoms with Crippen molar-refractivity contribution in [3.8, 4) is 0 Å². The molecule has 0 atom stereocenters.